The minimum atomic E-state index is -0.649. The van der Waals surface area contributed by atoms with E-state index in [1.165, 1.54) is 15.7 Å². The Labute approximate surface area is 199 Å². The third-order valence-electron chi connectivity index (χ3n) is 5.88. The van der Waals surface area contributed by atoms with Crippen molar-refractivity contribution in [3.05, 3.63) is 76.6 Å². The third-order valence-corrected chi connectivity index (χ3v) is 6.12. The van der Waals surface area contributed by atoms with Crippen molar-refractivity contribution in [3.63, 3.8) is 0 Å². The molecule has 0 fully saturated rings. The van der Waals surface area contributed by atoms with Crippen LogP contribution in [0, 0.1) is 12.7 Å². The molecule has 11 heteroatoms. The van der Waals surface area contributed by atoms with Crippen molar-refractivity contribution in [3.8, 4) is 11.3 Å². The van der Waals surface area contributed by atoms with E-state index in [0.29, 0.717) is 27.7 Å². The second-order valence-electron chi connectivity index (χ2n) is 8.03. The van der Waals surface area contributed by atoms with Crippen LogP contribution in [0.4, 0.5) is 21.0 Å². The maximum atomic E-state index is 15.6. The molecule has 1 aromatic carbocycles. The van der Waals surface area contributed by atoms with Crippen LogP contribution in [0.25, 0.3) is 11.3 Å². The van der Waals surface area contributed by atoms with Crippen molar-refractivity contribution in [2.24, 2.45) is 7.05 Å². The van der Waals surface area contributed by atoms with E-state index in [9.17, 15) is 9.90 Å². The van der Waals surface area contributed by atoms with E-state index in [-0.39, 0.29) is 30.4 Å². The van der Waals surface area contributed by atoms with Gasteiger partial charge in [0.2, 0.25) is 5.95 Å². The molecule has 0 saturated carbocycles. The van der Waals surface area contributed by atoms with Gasteiger partial charge < -0.3 is 15.3 Å². The van der Waals surface area contributed by atoms with Gasteiger partial charge in [-0.05, 0) is 30.2 Å². The van der Waals surface area contributed by atoms with E-state index in [2.05, 4.69) is 20.4 Å². The number of fused-ring (bicyclic) bond motifs is 1. The fourth-order valence-electron chi connectivity index (χ4n) is 4.10. The summed E-state index contributed by atoms with van der Waals surface area (Å²) in [7, 11) is 1.77. The molecule has 5 rings (SSSR count). The molecule has 4 heterocycles. The summed E-state index contributed by atoms with van der Waals surface area (Å²) in [6.07, 6.45) is 4.68. The quantitative estimate of drug-likeness (QED) is 0.431. The van der Waals surface area contributed by atoms with Crippen LogP contribution in [0.5, 0.6) is 0 Å². The number of aryl methyl sites for hydroxylation is 2. The van der Waals surface area contributed by atoms with Gasteiger partial charge >= 0.3 is 6.03 Å². The highest BCUT2D eigenvalue weighted by atomic mass is 35.5. The van der Waals surface area contributed by atoms with Crippen molar-refractivity contribution >= 4 is 29.4 Å². The molecule has 0 radical (unpaired) electrons. The van der Waals surface area contributed by atoms with E-state index in [1.54, 1.807) is 61.4 Å². The Balaban J connectivity index is 1.47. The normalized spacial score (nSPS) is 13.9. The molecular weight excluding hydrogens is 461 g/mol. The maximum Gasteiger partial charge on any atom is 0.329 e. The SMILES string of the molecule is Cc1cnc(Nc2ccnn2C)nc1-c1cn2c(c1F)CN([C@H](CO)c1cccc(Cl)c1)C2=O. The van der Waals surface area contributed by atoms with Gasteiger partial charge in [-0.25, -0.2) is 19.2 Å². The second-order valence-corrected chi connectivity index (χ2v) is 8.46. The minimum absolute atomic E-state index is 0.00661. The molecule has 2 N–H and O–H groups in total. The summed E-state index contributed by atoms with van der Waals surface area (Å²) in [4.78, 5) is 23.4. The van der Waals surface area contributed by atoms with Gasteiger partial charge in [-0.3, -0.25) is 9.25 Å². The number of aromatic nitrogens is 5. The molecule has 1 aliphatic rings. The van der Waals surface area contributed by atoms with E-state index in [1.807, 2.05) is 0 Å². The van der Waals surface area contributed by atoms with Crippen molar-refractivity contribution in [2.75, 3.05) is 11.9 Å². The molecule has 4 aromatic rings. The number of nitrogens with zero attached hydrogens (tertiary/aromatic N) is 6. The number of nitrogens with one attached hydrogen (secondary N) is 1. The summed E-state index contributed by atoms with van der Waals surface area (Å²) in [5, 5.41) is 17.6. The number of carbonyl (C=O) groups excluding carboxylic acids is 1. The van der Waals surface area contributed by atoms with Crippen LogP contribution in [0.1, 0.15) is 22.9 Å². The van der Waals surface area contributed by atoms with Gasteiger partial charge in [-0.1, -0.05) is 23.7 Å². The van der Waals surface area contributed by atoms with E-state index >= 15 is 4.39 Å². The monoisotopic (exact) mass is 481 g/mol. The second kappa shape index (κ2) is 8.54. The lowest BCUT2D eigenvalue weighted by Crippen LogP contribution is -2.33. The lowest BCUT2D eigenvalue weighted by molar-refractivity contribution is 0.141. The zero-order valence-electron chi connectivity index (χ0n) is 18.4. The highest BCUT2D eigenvalue weighted by Crippen LogP contribution is 2.36. The maximum absolute atomic E-state index is 15.6. The number of benzene rings is 1. The fraction of sp³-hybridized carbons (Fsp3) is 0.217. The number of aliphatic hydroxyl groups excluding tert-OH is 1. The number of hydrogen-bond acceptors (Lipinski definition) is 6. The smallest absolute Gasteiger partial charge is 0.329 e. The lowest BCUT2D eigenvalue weighted by Gasteiger charge is -2.26. The summed E-state index contributed by atoms with van der Waals surface area (Å²) in [5.41, 5.74) is 2.13. The zero-order valence-corrected chi connectivity index (χ0v) is 19.2. The Hall–Kier alpha value is -3.76. The van der Waals surface area contributed by atoms with Crippen LogP contribution < -0.4 is 5.32 Å². The number of anilines is 2. The van der Waals surface area contributed by atoms with Crippen LogP contribution in [0.2, 0.25) is 5.02 Å². The topological polar surface area (TPSA) is 101 Å². The van der Waals surface area contributed by atoms with Gasteiger partial charge in [0.25, 0.3) is 0 Å². The van der Waals surface area contributed by atoms with Gasteiger partial charge in [0, 0.05) is 30.5 Å². The van der Waals surface area contributed by atoms with Crippen LogP contribution >= 0.6 is 11.6 Å². The molecule has 34 heavy (non-hydrogen) atoms. The predicted octanol–water partition coefficient (Wildman–Crippen LogP) is 4.04. The first-order chi connectivity index (χ1) is 16.4. The highest BCUT2D eigenvalue weighted by molar-refractivity contribution is 6.30. The Morgan fingerprint density at radius 2 is 2.15 bits per heavy atom. The predicted molar refractivity (Wildman–Crippen MR) is 124 cm³/mol. The average molecular weight is 482 g/mol. The average Bonchev–Trinajstić information content (AvgIpc) is 3.47. The number of amides is 1. The molecule has 1 atom stereocenters. The molecule has 0 spiro atoms. The molecule has 174 valence electrons. The third kappa shape index (κ3) is 3.70. The van der Waals surface area contributed by atoms with Gasteiger partial charge in [-0.15, -0.1) is 0 Å². The Bertz CT molecular complexity index is 1400. The minimum Gasteiger partial charge on any atom is -0.394 e. The van der Waals surface area contributed by atoms with Crippen LogP contribution in [-0.2, 0) is 13.6 Å². The first-order valence-electron chi connectivity index (χ1n) is 10.5. The summed E-state index contributed by atoms with van der Waals surface area (Å²) in [5.74, 6) is 0.424. The molecule has 1 aliphatic heterocycles. The fourth-order valence-corrected chi connectivity index (χ4v) is 4.30. The molecule has 3 aromatic heterocycles. The summed E-state index contributed by atoms with van der Waals surface area (Å²) >= 11 is 6.08. The molecule has 0 unspecified atom stereocenters. The van der Waals surface area contributed by atoms with Gasteiger partial charge in [-0.2, -0.15) is 5.10 Å². The zero-order chi connectivity index (χ0) is 24.0. The first-order valence-corrected chi connectivity index (χ1v) is 10.9. The Kier molecular flexibility index (Phi) is 5.54. The summed E-state index contributed by atoms with van der Waals surface area (Å²) in [6.45, 7) is 1.46. The van der Waals surface area contributed by atoms with Gasteiger partial charge in [0.05, 0.1) is 42.3 Å². The lowest BCUT2D eigenvalue weighted by atomic mass is 10.1. The summed E-state index contributed by atoms with van der Waals surface area (Å²) in [6, 6.07) is 7.60. The van der Waals surface area contributed by atoms with Crippen molar-refractivity contribution in [1.29, 1.82) is 0 Å². The van der Waals surface area contributed by atoms with E-state index < -0.39 is 17.9 Å². The summed E-state index contributed by atoms with van der Waals surface area (Å²) < 4.78 is 18.5. The number of rotatable bonds is 6. The Morgan fingerprint density at radius 1 is 1.32 bits per heavy atom. The molecule has 0 bridgehead atoms. The molecule has 0 aliphatic carbocycles. The standard InChI is InChI=1S/C23H21ClFN7O2/c1-13-9-26-22(28-19-6-7-27-30(19)2)29-21(13)16-10-31-17(20(16)25)11-32(23(31)34)18(12-33)14-4-3-5-15(24)8-14/h3-10,18,33H,11-12H2,1-2H3,(H,26,28,29)/t18-/m1/s1. The number of aliphatic hydroxyl groups is 1. The van der Waals surface area contributed by atoms with Crippen LogP contribution in [-0.4, -0.2) is 47.0 Å². The number of hydrogen-bond donors (Lipinski definition) is 2. The molecule has 9 nitrogen and oxygen atoms in total. The molecule has 1 amide bonds. The number of halogens is 2. The highest BCUT2D eigenvalue weighted by Gasteiger charge is 2.37. The van der Waals surface area contributed by atoms with Crippen LogP contribution in [0.15, 0.2) is 48.9 Å². The van der Waals surface area contributed by atoms with Crippen molar-refractivity contribution < 1.29 is 14.3 Å². The first kappa shape index (κ1) is 22.1. The van der Waals surface area contributed by atoms with Crippen molar-refractivity contribution in [2.45, 2.75) is 19.5 Å². The Morgan fingerprint density at radius 3 is 2.82 bits per heavy atom. The van der Waals surface area contributed by atoms with Gasteiger partial charge in [0.15, 0.2) is 5.82 Å². The van der Waals surface area contributed by atoms with Gasteiger partial charge in [0.1, 0.15) is 5.82 Å². The van der Waals surface area contributed by atoms with E-state index in [0.717, 1.165) is 0 Å². The molecular formula is C23H21ClFN7O2. The largest absolute Gasteiger partial charge is 0.394 e. The van der Waals surface area contributed by atoms with Crippen LogP contribution in [0.3, 0.4) is 0 Å². The van der Waals surface area contributed by atoms with Crippen molar-refractivity contribution in [1.82, 2.24) is 29.2 Å². The number of carbonyl (C=O) groups is 1. The van der Waals surface area contributed by atoms with E-state index in [4.69, 9.17) is 11.6 Å². The molecule has 0 saturated heterocycles.